The van der Waals surface area contributed by atoms with Crippen molar-refractivity contribution in [3.05, 3.63) is 34.3 Å². The van der Waals surface area contributed by atoms with Crippen LogP contribution in [0.25, 0.3) is 0 Å². The molecule has 0 atom stereocenters. The lowest BCUT2D eigenvalue weighted by molar-refractivity contribution is 0.168. The number of hydroxylamine groups is 1. The van der Waals surface area contributed by atoms with E-state index in [2.05, 4.69) is 21.4 Å². The molecule has 2 nitrogen and oxygen atoms in total. The molecule has 0 fully saturated rings. The number of hydrogen-bond acceptors (Lipinski definition) is 2. The van der Waals surface area contributed by atoms with Crippen molar-refractivity contribution < 1.29 is 5.21 Å². The Morgan fingerprint density at radius 2 is 1.91 bits per heavy atom. The molecule has 0 aliphatic rings. The summed E-state index contributed by atoms with van der Waals surface area (Å²) in [7, 11) is 0. The second-order valence-electron chi connectivity index (χ2n) is 2.28. The van der Waals surface area contributed by atoms with E-state index in [-0.39, 0.29) is 0 Å². The van der Waals surface area contributed by atoms with Crippen molar-refractivity contribution in [3.63, 3.8) is 0 Å². The lowest BCUT2D eigenvalue weighted by Crippen LogP contribution is -2.10. The van der Waals surface area contributed by atoms with Crippen LogP contribution in [0.1, 0.15) is 5.56 Å². The van der Waals surface area contributed by atoms with Crippen molar-refractivity contribution >= 4 is 15.9 Å². The van der Waals surface area contributed by atoms with E-state index in [1.165, 1.54) is 5.56 Å². The zero-order valence-electron chi connectivity index (χ0n) is 6.05. The maximum atomic E-state index is 8.32. The van der Waals surface area contributed by atoms with Crippen molar-refractivity contribution in [1.82, 2.24) is 5.48 Å². The minimum absolute atomic E-state index is 0.599. The third-order valence-corrected chi connectivity index (χ3v) is 1.97. The molecule has 3 heteroatoms. The van der Waals surface area contributed by atoms with Crippen LogP contribution in [0.15, 0.2) is 28.7 Å². The first-order valence-electron chi connectivity index (χ1n) is 3.44. The van der Waals surface area contributed by atoms with Crippen molar-refractivity contribution in [1.29, 1.82) is 0 Å². The quantitative estimate of drug-likeness (QED) is 0.757. The molecule has 0 unspecified atom stereocenters. The van der Waals surface area contributed by atoms with Gasteiger partial charge in [0, 0.05) is 11.0 Å². The Kier molecular flexibility index (Phi) is 3.56. The highest BCUT2D eigenvalue weighted by atomic mass is 79.9. The van der Waals surface area contributed by atoms with E-state index >= 15 is 0 Å². The highest BCUT2D eigenvalue weighted by Crippen LogP contribution is 2.10. The molecule has 1 aromatic carbocycles. The summed E-state index contributed by atoms with van der Waals surface area (Å²) in [4.78, 5) is 0. The van der Waals surface area contributed by atoms with Gasteiger partial charge in [-0.05, 0) is 24.1 Å². The molecule has 0 spiro atoms. The Balaban J connectivity index is 2.52. The van der Waals surface area contributed by atoms with Crippen LogP contribution in [0.3, 0.4) is 0 Å². The molecular formula is C8H10BrNO. The summed E-state index contributed by atoms with van der Waals surface area (Å²) in [5, 5.41) is 8.32. The van der Waals surface area contributed by atoms with Crippen LogP contribution >= 0.6 is 15.9 Å². The summed E-state index contributed by atoms with van der Waals surface area (Å²) in [6.45, 7) is 0.599. The summed E-state index contributed by atoms with van der Waals surface area (Å²) in [6.07, 6.45) is 0.851. The van der Waals surface area contributed by atoms with Gasteiger partial charge in [-0.25, -0.2) is 5.48 Å². The van der Waals surface area contributed by atoms with Crippen LogP contribution < -0.4 is 5.48 Å². The Bertz CT molecular complexity index is 210. The summed E-state index contributed by atoms with van der Waals surface area (Å²) in [5.41, 5.74) is 3.34. The lowest BCUT2D eigenvalue weighted by atomic mass is 10.2. The minimum atomic E-state index is 0.599. The van der Waals surface area contributed by atoms with E-state index in [1.54, 1.807) is 0 Å². The Labute approximate surface area is 74.3 Å². The molecule has 2 N–H and O–H groups in total. The SMILES string of the molecule is ONCCc1ccc(Br)cc1. The van der Waals surface area contributed by atoms with Gasteiger partial charge in [-0.2, -0.15) is 0 Å². The molecule has 0 aliphatic carbocycles. The van der Waals surface area contributed by atoms with Gasteiger partial charge in [0.2, 0.25) is 0 Å². The number of rotatable bonds is 3. The normalized spacial score (nSPS) is 10.0. The smallest absolute Gasteiger partial charge is 0.0247 e. The lowest BCUT2D eigenvalue weighted by Gasteiger charge is -1.98. The Morgan fingerprint density at radius 3 is 2.45 bits per heavy atom. The van der Waals surface area contributed by atoms with Crippen LogP contribution in [-0.4, -0.2) is 11.8 Å². The van der Waals surface area contributed by atoms with E-state index in [4.69, 9.17) is 5.21 Å². The molecule has 1 rings (SSSR count). The zero-order valence-corrected chi connectivity index (χ0v) is 7.63. The fraction of sp³-hybridized carbons (Fsp3) is 0.250. The molecule has 0 bridgehead atoms. The third-order valence-electron chi connectivity index (χ3n) is 1.44. The predicted molar refractivity (Wildman–Crippen MR) is 47.6 cm³/mol. The number of hydrogen-bond donors (Lipinski definition) is 2. The van der Waals surface area contributed by atoms with Gasteiger partial charge in [-0.15, -0.1) is 0 Å². The first-order chi connectivity index (χ1) is 5.33. The van der Waals surface area contributed by atoms with Crippen LogP contribution in [0, 0.1) is 0 Å². The van der Waals surface area contributed by atoms with Crippen LogP contribution in [0.4, 0.5) is 0 Å². The second-order valence-corrected chi connectivity index (χ2v) is 3.20. The standard InChI is InChI=1S/C8H10BrNO/c9-8-3-1-7(2-4-8)5-6-10-11/h1-4,10-11H,5-6H2. The Morgan fingerprint density at radius 1 is 1.27 bits per heavy atom. The van der Waals surface area contributed by atoms with Gasteiger partial charge in [0.05, 0.1) is 0 Å². The zero-order chi connectivity index (χ0) is 8.10. The largest absolute Gasteiger partial charge is 0.317 e. The molecule has 0 saturated heterocycles. The van der Waals surface area contributed by atoms with Gasteiger partial charge in [-0.3, -0.25) is 0 Å². The summed E-state index contributed by atoms with van der Waals surface area (Å²) in [5.74, 6) is 0. The molecule has 0 heterocycles. The van der Waals surface area contributed by atoms with Crippen LogP contribution in [0.2, 0.25) is 0 Å². The first-order valence-corrected chi connectivity index (χ1v) is 4.23. The monoisotopic (exact) mass is 215 g/mol. The fourth-order valence-corrected chi connectivity index (χ4v) is 1.12. The number of halogens is 1. The molecule has 0 aliphatic heterocycles. The topological polar surface area (TPSA) is 32.3 Å². The first kappa shape index (κ1) is 8.71. The number of nitrogens with one attached hydrogen (secondary N) is 1. The van der Waals surface area contributed by atoms with Gasteiger partial charge in [0.15, 0.2) is 0 Å². The van der Waals surface area contributed by atoms with E-state index in [1.807, 2.05) is 24.3 Å². The van der Waals surface area contributed by atoms with Gasteiger partial charge in [0.1, 0.15) is 0 Å². The molecule has 0 aromatic heterocycles. The van der Waals surface area contributed by atoms with E-state index in [9.17, 15) is 0 Å². The van der Waals surface area contributed by atoms with Crippen molar-refractivity contribution in [2.75, 3.05) is 6.54 Å². The molecule has 1 aromatic rings. The molecule has 11 heavy (non-hydrogen) atoms. The maximum Gasteiger partial charge on any atom is 0.0247 e. The summed E-state index contributed by atoms with van der Waals surface area (Å²) >= 11 is 3.35. The molecule has 60 valence electrons. The highest BCUT2D eigenvalue weighted by Gasteiger charge is 1.90. The van der Waals surface area contributed by atoms with E-state index in [0.717, 1.165) is 10.9 Å². The molecule has 0 amide bonds. The summed E-state index contributed by atoms with van der Waals surface area (Å²) in [6, 6.07) is 8.04. The van der Waals surface area contributed by atoms with E-state index < -0.39 is 0 Å². The van der Waals surface area contributed by atoms with Crippen molar-refractivity contribution in [2.24, 2.45) is 0 Å². The third kappa shape index (κ3) is 3.01. The minimum Gasteiger partial charge on any atom is -0.317 e. The van der Waals surface area contributed by atoms with Gasteiger partial charge >= 0.3 is 0 Å². The summed E-state index contributed by atoms with van der Waals surface area (Å²) < 4.78 is 1.08. The highest BCUT2D eigenvalue weighted by molar-refractivity contribution is 9.10. The fourth-order valence-electron chi connectivity index (χ4n) is 0.851. The van der Waals surface area contributed by atoms with Gasteiger partial charge < -0.3 is 5.21 Å². The van der Waals surface area contributed by atoms with Gasteiger partial charge in [0.25, 0.3) is 0 Å². The molecular weight excluding hydrogens is 206 g/mol. The molecule has 0 saturated carbocycles. The predicted octanol–water partition coefficient (Wildman–Crippen LogP) is 1.97. The van der Waals surface area contributed by atoms with Crippen molar-refractivity contribution in [3.8, 4) is 0 Å². The van der Waals surface area contributed by atoms with Gasteiger partial charge in [-0.1, -0.05) is 28.1 Å². The maximum absolute atomic E-state index is 8.32. The number of benzene rings is 1. The van der Waals surface area contributed by atoms with E-state index in [0.29, 0.717) is 6.54 Å². The van der Waals surface area contributed by atoms with Crippen molar-refractivity contribution in [2.45, 2.75) is 6.42 Å². The average Bonchev–Trinajstić information content (AvgIpc) is 2.04. The van der Waals surface area contributed by atoms with Crippen LogP contribution in [0.5, 0.6) is 0 Å². The molecule has 0 radical (unpaired) electrons. The second kappa shape index (κ2) is 4.49. The van der Waals surface area contributed by atoms with Crippen LogP contribution in [-0.2, 0) is 6.42 Å². The Hall–Kier alpha value is -0.380. The average molecular weight is 216 g/mol.